The molecule has 1 heterocycles. The first-order valence-electron chi connectivity index (χ1n) is 7.28. The maximum Gasteiger partial charge on any atom is 0.159 e. The Morgan fingerprint density at radius 2 is 1.73 bits per heavy atom. The highest BCUT2D eigenvalue weighted by Gasteiger charge is 2.33. The maximum absolute atomic E-state index is 12.4. The molecule has 2 aromatic rings. The van der Waals surface area contributed by atoms with Gasteiger partial charge in [0.15, 0.2) is 9.84 Å². The molecular weight excluding hydrogens is 362 g/mol. The Labute approximate surface area is 140 Å². The Hall–Kier alpha value is -1.17. The van der Waals surface area contributed by atoms with Crippen LogP contribution < -0.4 is 0 Å². The molecule has 1 unspecified atom stereocenters. The van der Waals surface area contributed by atoms with Crippen LogP contribution in [0.25, 0.3) is 0 Å². The normalized spacial score (nSPS) is 21.6. The minimum Gasteiger partial charge on any atom is -0.296 e. The first kappa shape index (κ1) is 15.7. The van der Waals surface area contributed by atoms with Gasteiger partial charge < -0.3 is 0 Å². The Balaban J connectivity index is 1.77. The predicted molar refractivity (Wildman–Crippen MR) is 92.4 cm³/mol. The summed E-state index contributed by atoms with van der Waals surface area (Å²) >= 11 is 3.43. The van der Waals surface area contributed by atoms with Crippen LogP contribution in [0.3, 0.4) is 0 Å². The minimum absolute atomic E-state index is 0.225. The van der Waals surface area contributed by atoms with E-state index in [1.807, 2.05) is 42.5 Å². The number of sulfone groups is 1. The average molecular weight is 380 g/mol. The SMILES string of the molecule is O=S1(=O)CCN(Cc2ccc(Br)cc2)CC1c1ccccc1. The molecular formula is C17H18BrNO2S. The lowest BCUT2D eigenvalue weighted by molar-refractivity contribution is 0.267. The van der Waals surface area contributed by atoms with Gasteiger partial charge in [-0.15, -0.1) is 0 Å². The zero-order chi connectivity index (χ0) is 15.6. The predicted octanol–water partition coefficient (Wildman–Crippen LogP) is 3.42. The minimum atomic E-state index is -3.06. The number of hydrogen-bond donors (Lipinski definition) is 0. The summed E-state index contributed by atoms with van der Waals surface area (Å²) < 4.78 is 25.8. The zero-order valence-electron chi connectivity index (χ0n) is 12.2. The van der Waals surface area contributed by atoms with Crippen LogP contribution in [0.1, 0.15) is 16.4 Å². The molecule has 1 saturated heterocycles. The summed E-state index contributed by atoms with van der Waals surface area (Å²) in [6.07, 6.45) is 0. The van der Waals surface area contributed by atoms with Crippen LogP contribution in [0.15, 0.2) is 59.1 Å². The van der Waals surface area contributed by atoms with Gasteiger partial charge in [-0.1, -0.05) is 58.4 Å². The summed E-state index contributed by atoms with van der Waals surface area (Å²) in [6.45, 7) is 1.94. The highest BCUT2D eigenvalue weighted by molar-refractivity contribution is 9.10. The van der Waals surface area contributed by atoms with Crippen molar-refractivity contribution in [1.82, 2.24) is 4.90 Å². The molecule has 0 aliphatic carbocycles. The Kier molecular flexibility index (Phi) is 4.66. The third-order valence-corrected chi connectivity index (χ3v) is 6.61. The molecule has 2 aromatic carbocycles. The van der Waals surface area contributed by atoms with Crippen LogP contribution in [0, 0.1) is 0 Å². The summed E-state index contributed by atoms with van der Waals surface area (Å²) in [4.78, 5) is 2.22. The molecule has 0 amide bonds. The van der Waals surface area contributed by atoms with Crippen molar-refractivity contribution < 1.29 is 8.42 Å². The van der Waals surface area contributed by atoms with Crippen LogP contribution >= 0.6 is 15.9 Å². The molecule has 0 spiro atoms. The molecule has 1 aliphatic heterocycles. The van der Waals surface area contributed by atoms with E-state index in [0.29, 0.717) is 13.1 Å². The van der Waals surface area contributed by atoms with Crippen molar-refractivity contribution in [3.63, 3.8) is 0 Å². The van der Waals surface area contributed by atoms with Gasteiger partial charge in [-0.3, -0.25) is 4.90 Å². The van der Waals surface area contributed by atoms with Crippen molar-refractivity contribution in [2.24, 2.45) is 0 Å². The average Bonchev–Trinajstić information content (AvgIpc) is 2.52. The van der Waals surface area contributed by atoms with Gasteiger partial charge in [0.1, 0.15) is 0 Å². The lowest BCUT2D eigenvalue weighted by atomic mass is 10.1. The number of nitrogens with zero attached hydrogens (tertiary/aromatic N) is 1. The van der Waals surface area contributed by atoms with Gasteiger partial charge >= 0.3 is 0 Å². The number of benzene rings is 2. The van der Waals surface area contributed by atoms with E-state index < -0.39 is 15.1 Å². The van der Waals surface area contributed by atoms with Crippen molar-refractivity contribution in [2.75, 3.05) is 18.8 Å². The van der Waals surface area contributed by atoms with Gasteiger partial charge in [-0.05, 0) is 23.3 Å². The lowest BCUT2D eigenvalue weighted by Gasteiger charge is -2.32. The third-order valence-electron chi connectivity index (χ3n) is 4.04. The van der Waals surface area contributed by atoms with Gasteiger partial charge in [0.05, 0.1) is 11.0 Å². The van der Waals surface area contributed by atoms with Crippen molar-refractivity contribution >= 4 is 25.8 Å². The summed E-state index contributed by atoms with van der Waals surface area (Å²) in [5.74, 6) is 0.225. The largest absolute Gasteiger partial charge is 0.296 e. The molecule has 0 aromatic heterocycles. The van der Waals surface area contributed by atoms with Crippen molar-refractivity contribution in [3.8, 4) is 0 Å². The summed E-state index contributed by atoms with van der Waals surface area (Å²) in [6, 6.07) is 17.7. The molecule has 3 rings (SSSR count). The van der Waals surface area contributed by atoms with E-state index in [9.17, 15) is 8.42 Å². The van der Waals surface area contributed by atoms with E-state index in [4.69, 9.17) is 0 Å². The molecule has 0 saturated carbocycles. The summed E-state index contributed by atoms with van der Waals surface area (Å²) in [5.41, 5.74) is 2.09. The molecule has 1 aliphatic rings. The fourth-order valence-electron chi connectivity index (χ4n) is 2.81. The second-order valence-electron chi connectivity index (χ2n) is 5.63. The number of rotatable bonds is 3. The lowest BCUT2D eigenvalue weighted by Crippen LogP contribution is -2.41. The van der Waals surface area contributed by atoms with Crippen LogP contribution in [0.2, 0.25) is 0 Å². The third kappa shape index (κ3) is 3.59. The Morgan fingerprint density at radius 1 is 1.05 bits per heavy atom. The van der Waals surface area contributed by atoms with E-state index in [-0.39, 0.29) is 5.75 Å². The highest BCUT2D eigenvalue weighted by atomic mass is 79.9. The fraction of sp³-hybridized carbons (Fsp3) is 0.294. The van der Waals surface area contributed by atoms with Gasteiger partial charge in [-0.2, -0.15) is 0 Å². The molecule has 0 radical (unpaired) electrons. The first-order valence-corrected chi connectivity index (χ1v) is 9.79. The fourth-order valence-corrected chi connectivity index (χ4v) is 4.88. The van der Waals surface area contributed by atoms with E-state index in [1.54, 1.807) is 0 Å². The van der Waals surface area contributed by atoms with E-state index in [1.165, 1.54) is 5.56 Å². The van der Waals surface area contributed by atoms with Gasteiger partial charge in [-0.25, -0.2) is 8.42 Å². The molecule has 116 valence electrons. The van der Waals surface area contributed by atoms with E-state index in [0.717, 1.165) is 16.6 Å². The summed E-state index contributed by atoms with van der Waals surface area (Å²) in [5, 5.41) is -0.419. The van der Waals surface area contributed by atoms with Crippen molar-refractivity contribution in [3.05, 3.63) is 70.2 Å². The first-order chi connectivity index (χ1) is 10.5. The number of halogens is 1. The zero-order valence-corrected chi connectivity index (χ0v) is 14.6. The van der Waals surface area contributed by atoms with E-state index in [2.05, 4.69) is 33.0 Å². The second kappa shape index (κ2) is 6.52. The standard InChI is InChI=1S/C17H18BrNO2S/c18-16-8-6-14(7-9-16)12-19-10-11-22(20,21)17(13-19)15-4-2-1-3-5-15/h1-9,17H,10-13H2. The smallest absolute Gasteiger partial charge is 0.159 e. The molecule has 1 atom stereocenters. The van der Waals surface area contributed by atoms with Gasteiger partial charge in [0, 0.05) is 24.1 Å². The molecule has 5 heteroatoms. The molecule has 1 fully saturated rings. The van der Waals surface area contributed by atoms with Crippen molar-refractivity contribution in [2.45, 2.75) is 11.8 Å². The Morgan fingerprint density at radius 3 is 2.41 bits per heavy atom. The Bertz CT molecular complexity index is 729. The van der Waals surface area contributed by atoms with Gasteiger partial charge in [0.2, 0.25) is 0 Å². The van der Waals surface area contributed by atoms with Crippen LogP contribution in [-0.2, 0) is 16.4 Å². The molecule has 0 N–H and O–H groups in total. The summed E-state index contributed by atoms with van der Waals surface area (Å²) in [7, 11) is -3.06. The quantitative estimate of drug-likeness (QED) is 0.819. The van der Waals surface area contributed by atoms with Crippen LogP contribution in [0.5, 0.6) is 0 Å². The monoisotopic (exact) mass is 379 g/mol. The highest BCUT2D eigenvalue weighted by Crippen LogP contribution is 2.28. The molecule has 3 nitrogen and oxygen atoms in total. The van der Waals surface area contributed by atoms with Crippen molar-refractivity contribution in [1.29, 1.82) is 0 Å². The van der Waals surface area contributed by atoms with Crippen LogP contribution in [-0.4, -0.2) is 32.2 Å². The van der Waals surface area contributed by atoms with E-state index >= 15 is 0 Å². The molecule has 22 heavy (non-hydrogen) atoms. The molecule has 0 bridgehead atoms. The maximum atomic E-state index is 12.4. The topological polar surface area (TPSA) is 37.4 Å². The second-order valence-corrected chi connectivity index (χ2v) is 8.85. The van der Waals surface area contributed by atoms with Gasteiger partial charge in [0.25, 0.3) is 0 Å². The number of hydrogen-bond acceptors (Lipinski definition) is 3. The van der Waals surface area contributed by atoms with Crippen LogP contribution in [0.4, 0.5) is 0 Å².